The van der Waals surface area contributed by atoms with Crippen LogP contribution < -0.4 is 21.1 Å². The smallest absolute Gasteiger partial charge is 0.337 e. The Morgan fingerprint density at radius 3 is 2.61 bits per heavy atom. The number of aromatic nitrogens is 2. The number of methoxy groups -OCH3 is 1. The number of esters is 1. The Labute approximate surface area is 178 Å². The molecular weight excluding hydrogens is 407 g/mol. The van der Waals surface area contributed by atoms with Crippen LogP contribution in [0, 0.1) is 18.6 Å². The van der Waals surface area contributed by atoms with Gasteiger partial charge in [0.1, 0.15) is 18.2 Å². The van der Waals surface area contributed by atoms with E-state index in [1.54, 1.807) is 32.2 Å². The summed E-state index contributed by atoms with van der Waals surface area (Å²) in [7, 11) is 4.38. The number of hydrogen-bond donors (Lipinski definition) is 1. The lowest BCUT2D eigenvalue weighted by molar-refractivity contribution is 0.0600. The molecule has 1 heterocycles. The third-order valence-electron chi connectivity index (χ3n) is 4.74. The maximum absolute atomic E-state index is 13.9. The fourth-order valence-corrected chi connectivity index (χ4v) is 3.00. The zero-order valence-electron chi connectivity index (χ0n) is 17.5. The van der Waals surface area contributed by atoms with Crippen molar-refractivity contribution in [1.82, 2.24) is 9.55 Å². The molecule has 3 aromatic rings. The number of carbonyl (C=O) groups excluding carboxylic acids is 1. The van der Waals surface area contributed by atoms with Crippen molar-refractivity contribution in [3.63, 3.8) is 0 Å². The standard InChI is InChI=1S/C21H20BF2N3O4/c1-11-4-5-12(20(29)30-3)8-16(11)27-19(28)17(22)18(26-21(27)25-2)31-10-13-6-7-14(23)9-15(13)24/h4-9H,10,22H2,1-3H3,(H,25,26). The molecule has 1 aromatic heterocycles. The normalized spacial score (nSPS) is 10.6. The summed E-state index contributed by atoms with van der Waals surface area (Å²) in [5.41, 5.74) is 1.34. The van der Waals surface area contributed by atoms with Crippen molar-refractivity contribution in [1.29, 1.82) is 0 Å². The van der Waals surface area contributed by atoms with Crippen molar-refractivity contribution in [2.24, 2.45) is 0 Å². The van der Waals surface area contributed by atoms with E-state index in [9.17, 15) is 18.4 Å². The van der Waals surface area contributed by atoms with Crippen molar-refractivity contribution >= 4 is 25.2 Å². The number of benzene rings is 2. The van der Waals surface area contributed by atoms with Crippen molar-refractivity contribution < 1.29 is 23.0 Å². The zero-order valence-corrected chi connectivity index (χ0v) is 17.5. The minimum Gasteiger partial charge on any atom is -0.473 e. The first-order valence-corrected chi connectivity index (χ1v) is 9.34. The van der Waals surface area contributed by atoms with Crippen LogP contribution in [0.25, 0.3) is 5.69 Å². The number of nitrogens with zero attached hydrogens (tertiary/aromatic N) is 2. The van der Waals surface area contributed by atoms with Crippen molar-refractivity contribution in [2.75, 3.05) is 19.5 Å². The molecule has 0 aliphatic carbocycles. The van der Waals surface area contributed by atoms with Gasteiger partial charge in [0.25, 0.3) is 5.56 Å². The molecule has 0 saturated carbocycles. The second-order valence-corrected chi connectivity index (χ2v) is 6.77. The van der Waals surface area contributed by atoms with Gasteiger partial charge in [-0.15, -0.1) is 0 Å². The third-order valence-corrected chi connectivity index (χ3v) is 4.74. The number of halogens is 2. The molecule has 0 aliphatic rings. The van der Waals surface area contributed by atoms with Gasteiger partial charge in [-0.3, -0.25) is 4.79 Å². The van der Waals surface area contributed by atoms with Crippen molar-refractivity contribution in [3.8, 4) is 11.6 Å². The molecule has 10 heteroatoms. The Morgan fingerprint density at radius 2 is 1.97 bits per heavy atom. The number of nitrogens with one attached hydrogen (secondary N) is 1. The van der Waals surface area contributed by atoms with Crippen LogP contribution >= 0.6 is 0 Å². The summed E-state index contributed by atoms with van der Waals surface area (Å²) in [6, 6.07) is 7.98. The Hall–Kier alpha value is -3.69. The van der Waals surface area contributed by atoms with Gasteiger partial charge >= 0.3 is 5.97 Å². The highest BCUT2D eigenvalue weighted by Crippen LogP contribution is 2.20. The molecular formula is C21H20BF2N3O4. The van der Waals surface area contributed by atoms with Crippen LogP contribution in [0.15, 0.2) is 41.2 Å². The van der Waals surface area contributed by atoms with Crippen LogP contribution in [0.5, 0.6) is 5.88 Å². The molecule has 0 bridgehead atoms. The first-order chi connectivity index (χ1) is 14.8. The highest BCUT2D eigenvalue weighted by atomic mass is 19.1. The molecule has 0 spiro atoms. The second kappa shape index (κ2) is 8.99. The number of carbonyl (C=O) groups is 1. The van der Waals surface area contributed by atoms with E-state index >= 15 is 0 Å². The monoisotopic (exact) mass is 427 g/mol. The number of rotatable bonds is 6. The summed E-state index contributed by atoms with van der Waals surface area (Å²) >= 11 is 0. The van der Waals surface area contributed by atoms with Crippen molar-refractivity contribution in [3.05, 3.63) is 75.1 Å². The van der Waals surface area contributed by atoms with E-state index in [0.29, 0.717) is 5.69 Å². The number of hydrogen-bond acceptors (Lipinski definition) is 6. The molecule has 0 amide bonds. The molecule has 31 heavy (non-hydrogen) atoms. The van der Waals surface area contributed by atoms with Gasteiger partial charge in [-0.05, 0) is 36.8 Å². The number of ether oxygens (including phenoxy) is 2. The zero-order chi connectivity index (χ0) is 22.7. The summed E-state index contributed by atoms with van der Waals surface area (Å²) in [4.78, 5) is 29.4. The van der Waals surface area contributed by atoms with Gasteiger partial charge in [0.05, 0.1) is 18.4 Å². The first kappa shape index (κ1) is 22.0. The summed E-state index contributed by atoms with van der Waals surface area (Å²) in [5, 5.41) is 2.84. The average Bonchev–Trinajstić information content (AvgIpc) is 2.75. The van der Waals surface area contributed by atoms with Crippen LogP contribution in [0.2, 0.25) is 0 Å². The topological polar surface area (TPSA) is 82.4 Å². The number of aryl methyl sites for hydroxylation is 1. The maximum atomic E-state index is 13.9. The molecule has 0 radical (unpaired) electrons. The Kier molecular flexibility index (Phi) is 6.38. The summed E-state index contributed by atoms with van der Waals surface area (Å²) in [6.07, 6.45) is 0. The molecule has 0 unspecified atom stereocenters. The summed E-state index contributed by atoms with van der Waals surface area (Å²) in [5.74, 6) is -1.81. The van der Waals surface area contributed by atoms with Gasteiger partial charge in [0, 0.05) is 24.1 Å². The predicted molar refractivity (Wildman–Crippen MR) is 114 cm³/mol. The Morgan fingerprint density at radius 1 is 1.23 bits per heavy atom. The van der Waals surface area contributed by atoms with Crippen LogP contribution in [0.4, 0.5) is 14.7 Å². The van der Waals surface area contributed by atoms with Crippen molar-refractivity contribution in [2.45, 2.75) is 13.5 Å². The lowest BCUT2D eigenvalue weighted by atomic mass is 9.99. The molecule has 160 valence electrons. The van der Waals surface area contributed by atoms with E-state index in [-0.39, 0.29) is 35.0 Å². The van der Waals surface area contributed by atoms with Gasteiger partial charge in [-0.25, -0.2) is 18.1 Å². The van der Waals surface area contributed by atoms with Gasteiger partial charge in [-0.2, -0.15) is 4.98 Å². The maximum Gasteiger partial charge on any atom is 0.337 e. The van der Waals surface area contributed by atoms with E-state index in [1.165, 1.54) is 25.6 Å². The van der Waals surface area contributed by atoms with E-state index in [1.807, 2.05) is 0 Å². The van der Waals surface area contributed by atoms with E-state index in [0.717, 1.165) is 17.7 Å². The molecule has 0 aliphatic heterocycles. The SMILES string of the molecule is Bc1c(OCc2ccc(F)cc2F)nc(NC)n(-c2cc(C(=O)OC)ccc2C)c1=O. The largest absolute Gasteiger partial charge is 0.473 e. The molecule has 0 atom stereocenters. The molecule has 1 N–H and O–H groups in total. The highest BCUT2D eigenvalue weighted by Gasteiger charge is 2.19. The fraction of sp³-hybridized carbons (Fsp3) is 0.190. The average molecular weight is 427 g/mol. The Bertz CT molecular complexity index is 1210. The predicted octanol–water partition coefficient (Wildman–Crippen LogP) is 1.48. The second-order valence-electron chi connectivity index (χ2n) is 6.77. The highest BCUT2D eigenvalue weighted by molar-refractivity contribution is 6.33. The molecule has 0 fully saturated rings. The fourth-order valence-electron chi connectivity index (χ4n) is 3.00. The molecule has 0 saturated heterocycles. The van der Waals surface area contributed by atoms with Gasteiger partial charge in [0.2, 0.25) is 11.8 Å². The van der Waals surface area contributed by atoms with E-state index < -0.39 is 23.2 Å². The lowest BCUT2D eigenvalue weighted by Gasteiger charge is -2.18. The summed E-state index contributed by atoms with van der Waals surface area (Å²) in [6.45, 7) is 1.56. The lowest BCUT2D eigenvalue weighted by Crippen LogP contribution is -2.37. The van der Waals surface area contributed by atoms with Crippen LogP contribution in [0.3, 0.4) is 0 Å². The van der Waals surface area contributed by atoms with Crippen LogP contribution in [0.1, 0.15) is 21.5 Å². The quantitative estimate of drug-likeness (QED) is 0.474. The summed E-state index contributed by atoms with van der Waals surface area (Å²) < 4.78 is 38.6. The Balaban J connectivity index is 2.04. The van der Waals surface area contributed by atoms with E-state index in [4.69, 9.17) is 9.47 Å². The van der Waals surface area contributed by atoms with Crippen LogP contribution in [-0.4, -0.2) is 37.5 Å². The molecule has 3 rings (SSSR count). The minimum absolute atomic E-state index is 0.0103. The molecule has 2 aromatic carbocycles. The van der Waals surface area contributed by atoms with Gasteiger partial charge < -0.3 is 14.8 Å². The van der Waals surface area contributed by atoms with E-state index in [2.05, 4.69) is 10.3 Å². The third kappa shape index (κ3) is 4.42. The number of anilines is 1. The minimum atomic E-state index is -0.755. The van der Waals surface area contributed by atoms with Crippen LogP contribution in [-0.2, 0) is 11.3 Å². The van der Waals surface area contributed by atoms with Gasteiger partial charge in [-0.1, -0.05) is 6.07 Å². The first-order valence-electron chi connectivity index (χ1n) is 9.34. The molecule has 7 nitrogen and oxygen atoms in total. The van der Waals surface area contributed by atoms with Gasteiger partial charge in [0.15, 0.2) is 7.85 Å².